The third-order valence-corrected chi connectivity index (χ3v) is 0.771. The summed E-state index contributed by atoms with van der Waals surface area (Å²) >= 11 is -0.298. The molecule has 0 aromatic heterocycles. The van der Waals surface area contributed by atoms with Gasteiger partial charge in [0, 0.05) is 0 Å². The van der Waals surface area contributed by atoms with E-state index >= 15 is 0 Å². The van der Waals surface area contributed by atoms with E-state index in [-0.39, 0.29) is 11.5 Å². The molecule has 0 saturated carbocycles. The average molecular weight is 157 g/mol. The number of rotatable bonds is 2. The van der Waals surface area contributed by atoms with Gasteiger partial charge in [0.15, 0.2) is 0 Å². The second-order valence-electron chi connectivity index (χ2n) is 0.928. The van der Waals surface area contributed by atoms with Crippen molar-refractivity contribution in [1.29, 1.82) is 0 Å². The van der Waals surface area contributed by atoms with Gasteiger partial charge in [0.25, 0.3) is 10.1 Å². The van der Waals surface area contributed by atoms with Gasteiger partial charge < -0.3 is 0 Å². The van der Waals surface area contributed by atoms with E-state index in [0.717, 1.165) is 6.26 Å². The maximum absolute atomic E-state index is 9.92. The molecule has 0 bridgehead atoms. The molecule has 0 fully saturated rings. The molecule has 0 aliphatic rings. The monoisotopic (exact) mass is 157 g/mol. The van der Waals surface area contributed by atoms with Crippen LogP contribution in [-0.2, 0) is 25.9 Å². The molecule has 0 radical (unpaired) electrons. The third kappa shape index (κ3) is 5.73. The van der Waals surface area contributed by atoms with E-state index < -0.39 is 10.1 Å². The summed E-state index contributed by atoms with van der Waals surface area (Å²) in [4.78, 5) is 0. The van der Waals surface area contributed by atoms with E-state index in [1.54, 1.807) is 0 Å². The highest BCUT2D eigenvalue weighted by Gasteiger charge is 1.96. The van der Waals surface area contributed by atoms with Crippen LogP contribution in [0.3, 0.4) is 0 Å². The Morgan fingerprint density at radius 2 is 2.12 bits per heavy atom. The van der Waals surface area contributed by atoms with Gasteiger partial charge in [-0.15, -0.1) is 4.28 Å². The highest BCUT2D eigenvalue weighted by molar-refractivity contribution is 7.86. The Balaban J connectivity index is 3.94. The van der Waals surface area contributed by atoms with Gasteiger partial charge in [-0.2, -0.15) is 12.6 Å². The predicted octanol–water partition coefficient (Wildman–Crippen LogP) is -0.726. The van der Waals surface area contributed by atoms with Crippen LogP contribution in [0.15, 0.2) is 4.53 Å². The molecule has 5 nitrogen and oxygen atoms in total. The lowest BCUT2D eigenvalue weighted by Crippen LogP contribution is -1.95. The summed E-state index contributed by atoms with van der Waals surface area (Å²) in [6.45, 7) is 0. The minimum Gasteiger partial charge on any atom is -0.198 e. The van der Waals surface area contributed by atoms with Crippen molar-refractivity contribution >= 4 is 21.6 Å². The van der Waals surface area contributed by atoms with E-state index in [9.17, 15) is 12.6 Å². The molecule has 0 atom stereocenters. The van der Waals surface area contributed by atoms with Gasteiger partial charge >= 0.3 is 0 Å². The molecule has 0 amide bonds. The second-order valence-corrected chi connectivity index (χ2v) is 2.78. The van der Waals surface area contributed by atoms with Gasteiger partial charge in [-0.05, 0) is 4.53 Å². The van der Waals surface area contributed by atoms with Crippen molar-refractivity contribution in [3.63, 3.8) is 0 Å². The van der Waals surface area contributed by atoms with Crippen LogP contribution in [0.25, 0.3) is 0 Å². The van der Waals surface area contributed by atoms with Gasteiger partial charge in [-0.3, -0.25) is 0 Å². The number of hydrogen-bond donors (Lipinski definition) is 0. The molecule has 0 aliphatic carbocycles. The lowest BCUT2D eigenvalue weighted by Gasteiger charge is -1.82. The summed E-state index contributed by atoms with van der Waals surface area (Å²) in [7, 11) is -3.57. The first kappa shape index (κ1) is 7.73. The molecular weight excluding hydrogens is 154 g/mol. The molecule has 0 aromatic rings. The fourth-order valence-corrected chi connectivity index (χ4v) is 0.609. The standard InChI is InChI=1S/CH3NO4S2/c1-8(4,5)6-2-7-3/h1H3. The van der Waals surface area contributed by atoms with Gasteiger partial charge in [0.05, 0.1) is 6.26 Å². The minimum atomic E-state index is -3.57. The number of nitrogens with zero attached hydrogens (tertiary/aromatic N) is 1. The first-order chi connectivity index (χ1) is 3.56. The fourth-order valence-electron chi connectivity index (χ4n) is 0.0677. The van der Waals surface area contributed by atoms with Crippen LogP contribution in [0.5, 0.6) is 0 Å². The zero-order valence-electron chi connectivity index (χ0n) is 3.90. The maximum atomic E-state index is 9.92. The zero-order valence-corrected chi connectivity index (χ0v) is 5.53. The van der Waals surface area contributed by atoms with E-state index in [2.05, 4.69) is 8.81 Å². The van der Waals surface area contributed by atoms with E-state index in [0.29, 0.717) is 0 Å². The van der Waals surface area contributed by atoms with Crippen molar-refractivity contribution in [2.75, 3.05) is 6.26 Å². The van der Waals surface area contributed by atoms with Crippen molar-refractivity contribution in [2.24, 2.45) is 4.53 Å². The summed E-state index contributed by atoms with van der Waals surface area (Å²) in [5, 5.41) is 0. The van der Waals surface area contributed by atoms with Gasteiger partial charge in [-0.25, -0.2) is 0 Å². The molecule has 0 aliphatic heterocycles. The molecule has 0 unspecified atom stereocenters. The Morgan fingerprint density at radius 1 is 1.62 bits per heavy atom. The van der Waals surface area contributed by atoms with Crippen LogP contribution >= 0.6 is 0 Å². The quantitative estimate of drug-likeness (QED) is 0.495. The van der Waals surface area contributed by atoms with Gasteiger partial charge in [0.1, 0.15) is 0 Å². The topological polar surface area (TPSA) is 72.8 Å². The smallest absolute Gasteiger partial charge is 0.198 e. The predicted molar refractivity (Wildman–Crippen MR) is 26.5 cm³/mol. The van der Waals surface area contributed by atoms with Crippen LogP contribution in [-0.4, -0.2) is 18.9 Å². The van der Waals surface area contributed by atoms with E-state index in [1.165, 1.54) is 0 Å². The van der Waals surface area contributed by atoms with Crippen LogP contribution in [0.4, 0.5) is 0 Å². The summed E-state index contributed by atoms with van der Waals surface area (Å²) < 4.78 is 35.3. The van der Waals surface area contributed by atoms with Crippen molar-refractivity contribution in [1.82, 2.24) is 0 Å². The molecule has 48 valence electrons. The highest BCUT2D eigenvalue weighted by Crippen LogP contribution is 1.83. The Hall–Kier alpha value is -0.270. The largest absolute Gasteiger partial charge is 0.287 e. The van der Waals surface area contributed by atoms with Crippen molar-refractivity contribution in [3.8, 4) is 0 Å². The highest BCUT2D eigenvalue weighted by atomic mass is 32.2. The van der Waals surface area contributed by atoms with Crippen molar-refractivity contribution in [2.45, 2.75) is 0 Å². The van der Waals surface area contributed by atoms with Gasteiger partial charge in [0.2, 0.25) is 11.5 Å². The molecular formula is CH3NO4S2. The zero-order chi connectivity index (χ0) is 6.62. The third-order valence-electron chi connectivity index (χ3n) is 0.196. The van der Waals surface area contributed by atoms with Gasteiger partial charge in [-0.1, -0.05) is 0 Å². The Morgan fingerprint density at radius 3 is 2.25 bits per heavy atom. The SMILES string of the molecule is CS(=O)(=O)ON=S=O. The Bertz CT molecular complexity index is 198. The average Bonchev–Trinajstić information content (AvgIpc) is 1.59. The van der Waals surface area contributed by atoms with Crippen molar-refractivity contribution < 1.29 is 16.9 Å². The van der Waals surface area contributed by atoms with Crippen LogP contribution in [0.2, 0.25) is 0 Å². The Kier molecular flexibility index (Phi) is 2.80. The van der Waals surface area contributed by atoms with Crippen LogP contribution in [0, 0.1) is 0 Å². The molecule has 0 N–H and O–H groups in total. The minimum absolute atomic E-state index is 0.298. The van der Waals surface area contributed by atoms with E-state index in [1.807, 2.05) is 0 Å². The molecule has 0 rings (SSSR count). The normalized spacial score (nSPS) is 10.6. The molecule has 0 aromatic carbocycles. The molecule has 8 heavy (non-hydrogen) atoms. The Labute approximate surface area is 50.0 Å². The molecule has 7 heteroatoms. The second kappa shape index (κ2) is 2.90. The molecule has 0 spiro atoms. The first-order valence-electron chi connectivity index (χ1n) is 1.44. The molecule has 0 saturated heterocycles. The lowest BCUT2D eigenvalue weighted by atomic mass is 12.0. The first-order valence-corrected chi connectivity index (χ1v) is 3.96. The summed E-state index contributed by atoms with van der Waals surface area (Å²) in [5.41, 5.74) is 0. The summed E-state index contributed by atoms with van der Waals surface area (Å²) in [6.07, 6.45) is 0.798. The fraction of sp³-hybridized carbons (Fsp3) is 1.00. The van der Waals surface area contributed by atoms with Crippen LogP contribution < -0.4 is 0 Å². The number of hydrogen-bond acceptors (Lipinski definition) is 5. The summed E-state index contributed by atoms with van der Waals surface area (Å²) in [5.74, 6) is 0. The molecule has 0 heterocycles. The van der Waals surface area contributed by atoms with E-state index in [4.69, 9.17) is 0 Å². The lowest BCUT2D eigenvalue weighted by molar-refractivity contribution is 0.350. The van der Waals surface area contributed by atoms with Crippen LogP contribution in [0.1, 0.15) is 0 Å². The summed E-state index contributed by atoms with van der Waals surface area (Å²) in [6, 6.07) is 0. The van der Waals surface area contributed by atoms with Crippen molar-refractivity contribution in [3.05, 3.63) is 0 Å². The maximum Gasteiger partial charge on any atom is 0.287 e.